The third kappa shape index (κ3) is 5.52. The molecule has 118 valence electrons. The molecule has 0 unspecified atom stereocenters. The van der Waals surface area contributed by atoms with Crippen LogP contribution in [0.5, 0.6) is 0 Å². The number of hydrazone groups is 1. The molecule has 2 aromatic carbocycles. The van der Waals surface area contributed by atoms with Gasteiger partial charge < -0.3 is 10.6 Å². The number of thiocarbonyl (C=S) groups is 1. The highest BCUT2D eigenvalue weighted by Crippen LogP contribution is 2.10. The first kappa shape index (κ1) is 16.6. The van der Waals surface area contributed by atoms with Crippen LogP contribution in [0.4, 0.5) is 11.4 Å². The lowest BCUT2D eigenvalue weighted by molar-refractivity contribution is -0.114. The Morgan fingerprint density at radius 3 is 2.13 bits per heavy atom. The molecule has 0 aromatic heterocycles. The fraction of sp³-hybridized carbons (Fsp3) is 0.118. The zero-order chi connectivity index (χ0) is 16.7. The van der Waals surface area contributed by atoms with Crippen molar-refractivity contribution in [3.05, 3.63) is 60.2 Å². The van der Waals surface area contributed by atoms with E-state index in [1.54, 1.807) is 0 Å². The summed E-state index contributed by atoms with van der Waals surface area (Å²) in [5.41, 5.74) is 6.20. The average Bonchev–Trinajstić information content (AvgIpc) is 2.54. The lowest BCUT2D eigenvalue weighted by atomic mass is 10.1. The number of nitrogens with one attached hydrogen (secondary N) is 3. The smallest absolute Gasteiger partial charge is 0.221 e. The molecule has 0 spiro atoms. The Hall–Kier alpha value is -2.73. The van der Waals surface area contributed by atoms with Crippen molar-refractivity contribution in [2.75, 3.05) is 10.6 Å². The molecule has 2 rings (SSSR count). The first-order valence-corrected chi connectivity index (χ1v) is 7.50. The normalized spacial score (nSPS) is 10.8. The van der Waals surface area contributed by atoms with Gasteiger partial charge in [-0.15, -0.1) is 0 Å². The molecule has 3 N–H and O–H groups in total. The summed E-state index contributed by atoms with van der Waals surface area (Å²) >= 11 is 5.20. The van der Waals surface area contributed by atoms with Gasteiger partial charge in [-0.1, -0.05) is 30.3 Å². The van der Waals surface area contributed by atoms with Gasteiger partial charge >= 0.3 is 0 Å². The van der Waals surface area contributed by atoms with E-state index in [4.69, 9.17) is 12.2 Å². The van der Waals surface area contributed by atoms with E-state index < -0.39 is 0 Å². The first-order chi connectivity index (χ1) is 11.0. The van der Waals surface area contributed by atoms with E-state index >= 15 is 0 Å². The van der Waals surface area contributed by atoms with Gasteiger partial charge in [0.05, 0.1) is 5.71 Å². The minimum Gasteiger partial charge on any atom is -0.331 e. The second kappa shape index (κ2) is 8.05. The van der Waals surface area contributed by atoms with E-state index in [0.717, 1.165) is 22.6 Å². The summed E-state index contributed by atoms with van der Waals surface area (Å²) < 4.78 is 0. The summed E-state index contributed by atoms with van der Waals surface area (Å²) in [6.07, 6.45) is 0. The maximum Gasteiger partial charge on any atom is 0.221 e. The van der Waals surface area contributed by atoms with E-state index in [9.17, 15) is 4.79 Å². The van der Waals surface area contributed by atoms with Gasteiger partial charge in [0.2, 0.25) is 5.91 Å². The molecule has 0 bridgehead atoms. The molecule has 0 saturated heterocycles. The highest BCUT2D eigenvalue weighted by Gasteiger charge is 2.00. The Balaban J connectivity index is 1.94. The van der Waals surface area contributed by atoms with Crippen LogP contribution in [-0.4, -0.2) is 16.7 Å². The lowest BCUT2D eigenvalue weighted by Gasteiger charge is -2.08. The van der Waals surface area contributed by atoms with E-state index in [-0.39, 0.29) is 5.91 Å². The maximum atomic E-state index is 11.0. The number of nitrogens with zero attached hydrogens (tertiary/aromatic N) is 1. The fourth-order valence-corrected chi connectivity index (χ4v) is 2.04. The molecule has 0 radical (unpaired) electrons. The molecule has 2 aromatic rings. The van der Waals surface area contributed by atoms with Gasteiger partial charge in [-0.25, -0.2) is 0 Å². The van der Waals surface area contributed by atoms with E-state index in [2.05, 4.69) is 21.2 Å². The van der Waals surface area contributed by atoms with Crippen molar-refractivity contribution in [2.45, 2.75) is 13.8 Å². The molecule has 0 aliphatic carbocycles. The van der Waals surface area contributed by atoms with Gasteiger partial charge in [0.15, 0.2) is 5.11 Å². The van der Waals surface area contributed by atoms with Crippen molar-refractivity contribution in [2.24, 2.45) is 5.10 Å². The van der Waals surface area contributed by atoms with E-state index in [1.807, 2.05) is 61.5 Å². The zero-order valence-corrected chi connectivity index (χ0v) is 13.8. The van der Waals surface area contributed by atoms with Gasteiger partial charge in [0.25, 0.3) is 0 Å². The Kier molecular flexibility index (Phi) is 5.82. The molecule has 1 amide bonds. The van der Waals surface area contributed by atoms with Crippen LogP contribution in [0, 0.1) is 0 Å². The molecule has 6 heteroatoms. The number of hydrogen-bond acceptors (Lipinski definition) is 3. The number of rotatable bonds is 4. The average molecular weight is 326 g/mol. The van der Waals surface area contributed by atoms with Crippen molar-refractivity contribution >= 4 is 40.3 Å². The summed E-state index contributed by atoms with van der Waals surface area (Å²) in [5, 5.41) is 10.4. The van der Waals surface area contributed by atoms with Gasteiger partial charge in [-0.3, -0.25) is 10.2 Å². The molecule has 0 saturated carbocycles. The van der Waals surface area contributed by atoms with Crippen molar-refractivity contribution in [3.8, 4) is 0 Å². The monoisotopic (exact) mass is 326 g/mol. The summed E-state index contributed by atoms with van der Waals surface area (Å²) in [4.78, 5) is 11.0. The van der Waals surface area contributed by atoms with Crippen molar-refractivity contribution in [3.63, 3.8) is 0 Å². The summed E-state index contributed by atoms with van der Waals surface area (Å²) in [6.45, 7) is 3.36. The Bertz CT molecular complexity index is 711. The van der Waals surface area contributed by atoms with Crippen LogP contribution in [0.15, 0.2) is 59.7 Å². The molecule has 0 heterocycles. The third-order valence-corrected chi connectivity index (χ3v) is 3.17. The standard InChI is InChI=1S/C17H18N4OS/c1-12(14-8-10-16(11-9-14)18-13(2)22)20-21-17(23)19-15-6-4-3-5-7-15/h3-11H,1-2H3,(H,18,22)(H2,19,21,23)/b20-12-. The predicted octanol–water partition coefficient (Wildman–Crippen LogP) is 3.36. The number of hydrogen-bond donors (Lipinski definition) is 3. The number of carbonyl (C=O) groups is 1. The molecule has 0 atom stereocenters. The molecular weight excluding hydrogens is 308 g/mol. The molecule has 0 fully saturated rings. The third-order valence-electron chi connectivity index (χ3n) is 2.98. The highest BCUT2D eigenvalue weighted by molar-refractivity contribution is 7.80. The topological polar surface area (TPSA) is 65.5 Å². The molecular formula is C17H18N4OS. The first-order valence-electron chi connectivity index (χ1n) is 7.09. The minimum absolute atomic E-state index is 0.0952. The van der Waals surface area contributed by atoms with Crippen LogP contribution in [0.25, 0.3) is 0 Å². The highest BCUT2D eigenvalue weighted by atomic mass is 32.1. The van der Waals surface area contributed by atoms with Crippen LogP contribution in [0.2, 0.25) is 0 Å². The summed E-state index contributed by atoms with van der Waals surface area (Å²) in [7, 11) is 0. The van der Waals surface area contributed by atoms with Gasteiger partial charge in [-0.05, 0) is 49.0 Å². The van der Waals surface area contributed by atoms with Crippen LogP contribution in [-0.2, 0) is 4.79 Å². The van der Waals surface area contributed by atoms with Crippen molar-refractivity contribution in [1.29, 1.82) is 0 Å². The number of amides is 1. The lowest BCUT2D eigenvalue weighted by Crippen LogP contribution is -2.24. The Morgan fingerprint density at radius 2 is 1.52 bits per heavy atom. The summed E-state index contributed by atoms with van der Waals surface area (Å²) in [6, 6.07) is 17.1. The number of para-hydroxylation sites is 1. The minimum atomic E-state index is -0.0952. The maximum absolute atomic E-state index is 11.0. The van der Waals surface area contributed by atoms with Crippen LogP contribution in [0.1, 0.15) is 19.4 Å². The predicted molar refractivity (Wildman–Crippen MR) is 98.8 cm³/mol. The van der Waals surface area contributed by atoms with E-state index in [1.165, 1.54) is 6.92 Å². The SMILES string of the molecule is CC(=O)Nc1ccc(/C(C)=N\NC(=S)Nc2ccccc2)cc1. The number of carbonyl (C=O) groups excluding carboxylic acids is 1. The molecule has 0 aliphatic rings. The fourth-order valence-electron chi connectivity index (χ4n) is 1.88. The van der Waals surface area contributed by atoms with Crippen LogP contribution < -0.4 is 16.1 Å². The van der Waals surface area contributed by atoms with Crippen molar-refractivity contribution in [1.82, 2.24) is 5.43 Å². The quantitative estimate of drug-likeness (QED) is 0.458. The second-order valence-corrected chi connectivity index (χ2v) is 5.30. The van der Waals surface area contributed by atoms with Gasteiger partial charge in [0, 0.05) is 18.3 Å². The largest absolute Gasteiger partial charge is 0.331 e. The van der Waals surface area contributed by atoms with Crippen molar-refractivity contribution < 1.29 is 4.79 Å². The van der Waals surface area contributed by atoms with Crippen LogP contribution in [0.3, 0.4) is 0 Å². The number of anilines is 2. The summed E-state index contributed by atoms with van der Waals surface area (Å²) in [5.74, 6) is -0.0952. The van der Waals surface area contributed by atoms with E-state index in [0.29, 0.717) is 5.11 Å². The Morgan fingerprint density at radius 1 is 0.913 bits per heavy atom. The van der Waals surface area contributed by atoms with Gasteiger partial charge in [-0.2, -0.15) is 5.10 Å². The molecule has 23 heavy (non-hydrogen) atoms. The Labute approximate surface area is 140 Å². The number of benzene rings is 2. The van der Waals surface area contributed by atoms with Crippen LogP contribution >= 0.6 is 12.2 Å². The zero-order valence-electron chi connectivity index (χ0n) is 13.0. The second-order valence-electron chi connectivity index (χ2n) is 4.89. The molecule has 5 nitrogen and oxygen atoms in total. The van der Waals surface area contributed by atoms with Gasteiger partial charge in [0.1, 0.15) is 0 Å². The molecule has 0 aliphatic heterocycles.